The van der Waals surface area contributed by atoms with E-state index in [0.717, 1.165) is 22.3 Å². The van der Waals surface area contributed by atoms with Gasteiger partial charge < -0.3 is 10.4 Å². The van der Waals surface area contributed by atoms with Crippen molar-refractivity contribution in [2.24, 2.45) is 0 Å². The zero-order chi connectivity index (χ0) is 14.7. The van der Waals surface area contributed by atoms with Gasteiger partial charge in [0.15, 0.2) is 0 Å². The maximum absolute atomic E-state index is 13.1. The van der Waals surface area contributed by atoms with Crippen LogP contribution in [0.5, 0.6) is 0 Å². The molecule has 2 aromatic rings. The first kappa shape index (κ1) is 14.5. The number of halogens is 2. The lowest BCUT2D eigenvalue weighted by Crippen LogP contribution is -2.12. The third-order valence-corrected chi connectivity index (χ3v) is 3.28. The van der Waals surface area contributed by atoms with Crippen LogP contribution in [0, 0.1) is 5.82 Å². The van der Waals surface area contributed by atoms with Gasteiger partial charge in [0, 0.05) is 4.47 Å². The Morgan fingerprint density at radius 2 is 2.20 bits per heavy atom. The van der Waals surface area contributed by atoms with Gasteiger partial charge in [0.2, 0.25) is 0 Å². The van der Waals surface area contributed by atoms with Crippen LogP contribution in [0.25, 0.3) is 0 Å². The molecule has 0 radical (unpaired) electrons. The minimum absolute atomic E-state index is 0.145. The number of nitrogens with one attached hydrogen (secondary N) is 1. The summed E-state index contributed by atoms with van der Waals surface area (Å²) in [5.41, 5.74) is 0.772. The molecule has 0 fully saturated rings. The van der Waals surface area contributed by atoms with E-state index in [4.69, 9.17) is 5.11 Å². The summed E-state index contributed by atoms with van der Waals surface area (Å²) in [7, 11) is 0. The van der Waals surface area contributed by atoms with Crippen LogP contribution < -0.4 is 5.32 Å². The summed E-state index contributed by atoms with van der Waals surface area (Å²) in [5, 5.41) is 12.0. The molecule has 6 heteroatoms. The molecule has 0 aliphatic carbocycles. The normalized spacial score (nSPS) is 11.9. The maximum Gasteiger partial charge on any atom is 0.339 e. The molecule has 4 nitrogen and oxygen atoms in total. The van der Waals surface area contributed by atoms with Gasteiger partial charge in [0.05, 0.1) is 12.2 Å². The molecule has 1 aromatic heterocycles. The van der Waals surface area contributed by atoms with Crippen LogP contribution in [0.2, 0.25) is 0 Å². The van der Waals surface area contributed by atoms with Crippen molar-refractivity contribution in [3.8, 4) is 0 Å². The van der Waals surface area contributed by atoms with Crippen molar-refractivity contribution in [3.05, 3.63) is 57.9 Å². The van der Waals surface area contributed by atoms with E-state index in [-0.39, 0.29) is 17.4 Å². The fourth-order valence-electron chi connectivity index (χ4n) is 1.78. The van der Waals surface area contributed by atoms with Crippen molar-refractivity contribution in [1.29, 1.82) is 0 Å². The predicted molar refractivity (Wildman–Crippen MR) is 77.3 cm³/mol. The molecule has 0 aliphatic heterocycles. The van der Waals surface area contributed by atoms with Crippen LogP contribution in [0.4, 0.5) is 10.2 Å². The summed E-state index contributed by atoms with van der Waals surface area (Å²) in [6.07, 6.45) is 0.988. The molecule has 0 amide bonds. The van der Waals surface area contributed by atoms with Crippen LogP contribution in [-0.4, -0.2) is 16.1 Å². The molecule has 2 N–H and O–H groups in total. The lowest BCUT2D eigenvalue weighted by atomic mass is 10.1. The minimum atomic E-state index is -1.22. The van der Waals surface area contributed by atoms with E-state index in [1.165, 1.54) is 0 Å². The molecule has 2 rings (SSSR count). The molecule has 1 atom stereocenters. The van der Waals surface area contributed by atoms with Crippen LogP contribution in [0.3, 0.4) is 0 Å². The average Bonchev–Trinajstić information content (AvgIpc) is 2.40. The maximum atomic E-state index is 13.1. The van der Waals surface area contributed by atoms with Crippen molar-refractivity contribution in [2.45, 2.75) is 13.0 Å². The van der Waals surface area contributed by atoms with Gasteiger partial charge in [-0.3, -0.25) is 0 Å². The molecule has 0 saturated heterocycles. The number of aromatic nitrogens is 1. The lowest BCUT2D eigenvalue weighted by molar-refractivity contribution is 0.0697. The summed E-state index contributed by atoms with van der Waals surface area (Å²) < 4.78 is 14.0. The summed E-state index contributed by atoms with van der Waals surface area (Å²) in [6, 6.07) is 8.39. The SMILES string of the molecule is CC(Nc1ncc(F)cc1C(=O)O)c1cccc(Br)c1. The number of anilines is 1. The van der Waals surface area contributed by atoms with E-state index >= 15 is 0 Å². The number of carboxylic acid groups (broad SMARTS) is 1. The van der Waals surface area contributed by atoms with Crippen LogP contribution >= 0.6 is 15.9 Å². The zero-order valence-electron chi connectivity index (χ0n) is 10.6. The highest BCUT2D eigenvalue weighted by molar-refractivity contribution is 9.10. The number of hydrogen-bond acceptors (Lipinski definition) is 3. The summed E-state index contributed by atoms with van der Waals surface area (Å²) in [6.45, 7) is 1.87. The Balaban J connectivity index is 2.28. The van der Waals surface area contributed by atoms with Gasteiger partial charge >= 0.3 is 5.97 Å². The van der Waals surface area contributed by atoms with Crippen molar-refractivity contribution in [3.63, 3.8) is 0 Å². The highest BCUT2D eigenvalue weighted by Crippen LogP contribution is 2.23. The molecule has 1 heterocycles. The number of pyridine rings is 1. The van der Waals surface area contributed by atoms with E-state index < -0.39 is 11.8 Å². The van der Waals surface area contributed by atoms with Gasteiger partial charge in [-0.25, -0.2) is 14.2 Å². The monoisotopic (exact) mass is 338 g/mol. The Labute approximate surface area is 123 Å². The summed E-state index contributed by atoms with van der Waals surface area (Å²) in [5.74, 6) is -1.75. The standard InChI is InChI=1S/C14H12BrFN2O2/c1-8(9-3-2-4-10(15)5-9)18-13-12(14(19)20)6-11(16)7-17-13/h2-8H,1H3,(H,17,18)(H,19,20). The molecule has 1 unspecified atom stereocenters. The number of rotatable bonds is 4. The quantitative estimate of drug-likeness (QED) is 0.888. The van der Waals surface area contributed by atoms with Crippen molar-refractivity contribution in [2.75, 3.05) is 5.32 Å². The van der Waals surface area contributed by atoms with Crippen LogP contribution in [0.15, 0.2) is 41.0 Å². The highest BCUT2D eigenvalue weighted by Gasteiger charge is 2.15. The first-order chi connectivity index (χ1) is 9.47. The van der Waals surface area contributed by atoms with Gasteiger partial charge in [0.1, 0.15) is 17.2 Å². The van der Waals surface area contributed by atoms with Gasteiger partial charge in [-0.2, -0.15) is 0 Å². The minimum Gasteiger partial charge on any atom is -0.478 e. The first-order valence-electron chi connectivity index (χ1n) is 5.88. The fraction of sp³-hybridized carbons (Fsp3) is 0.143. The number of benzene rings is 1. The third kappa shape index (κ3) is 3.33. The Kier molecular flexibility index (Phi) is 4.34. The second-order valence-electron chi connectivity index (χ2n) is 4.28. The Hall–Kier alpha value is -1.95. The third-order valence-electron chi connectivity index (χ3n) is 2.79. The second-order valence-corrected chi connectivity index (χ2v) is 5.19. The topological polar surface area (TPSA) is 62.2 Å². The van der Waals surface area contributed by atoms with E-state index in [1.54, 1.807) is 0 Å². The van der Waals surface area contributed by atoms with Crippen molar-refractivity contribution >= 4 is 27.7 Å². The molecule has 0 aliphatic rings. The van der Waals surface area contributed by atoms with Crippen LogP contribution in [-0.2, 0) is 0 Å². The second kappa shape index (κ2) is 6.00. The highest BCUT2D eigenvalue weighted by atomic mass is 79.9. The Morgan fingerprint density at radius 3 is 2.85 bits per heavy atom. The Morgan fingerprint density at radius 1 is 1.45 bits per heavy atom. The number of aromatic carboxylic acids is 1. The number of carbonyl (C=O) groups is 1. The zero-order valence-corrected chi connectivity index (χ0v) is 12.2. The van der Waals surface area contributed by atoms with E-state index in [9.17, 15) is 9.18 Å². The summed E-state index contributed by atoms with van der Waals surface area (Å²) >= 11 is 3.38. The van der Waals surface area contributed by atoms with Gasteiger partial charge in [-0.05, 0) is 30.7 Å². The lowest BCUT2D eigenvalue weighted by Gasteiger charge is -2.16. The van der Waals surface area contributed by atoms with E-state index in [1.807, 2.05) is 31.2 Å². The molecule has 0 saturated carbocycles. The van der Waals surface area contributed by atoms with Gasteiger partial charge in [0.25, 0.3) is 0 Å². The smallest absolute Gasteiger partial charge is 0.339 e. The molecule has 1 aromatic carbocycles. The number of hydrogen-bond donors (Lipinski definition) is 2. The van der Waals surface area contributed by atoms with Crippen molar-refractivity contribution in [1.82, 2.24) is 4.98 Å². The predicted octanol–water partition coefficient (Wildman–Crippen LogP) is 3.85. The van der Waals surface area contributed by atoms with Gasteiger partial charge in [-0.1, -0.05) is 28.1 Å². The Bertz CT molecular complexity index is 649. The molecule has 20 heavy (non-hydrogen) atoms. The van der Waals surface area contributed by atoms with Gasteiger partial charge in [-0.15, -0.1) is 0 Å². The van der Waals surface area contributed by atoms with E-state index in [0.29, 0.717) is 0 Å². The van der Waals surface area contributed by atoms with Crippen LogP contribution in [0.1, 0.15) is 28.9 Å². The average molecular weight is 339 g/mol. The molecular formula is C14H12BrFN2O2. The molecule has 0 spiro atoms. The number of carboxylic acids is 1. The van der Waals surface area contributed by atoms with Crippen molar-refractivity contribution < 1.29 is 14.3 Å². The fourth-order valence-corrected chi connectivity index (χ4v) is 2.20. The number of nitrogens with zero attached hydrogens (tertiary/aromatic N) is 1. The largest absolute Gasteiger partial charge is 0.478 e. The first-order valence-corrected chi connectivity index (χ1v) is 6.67. The molecular weight excluding hydrogens is 327 g/mol. The summed E-state index contributed by atoms with van der Waals surface area (Å²) in [4.78, 5) is 14.9. The molecule has 0 bridgehead atoms. The van der Waals surface area contributed by atoms with E-state index in [2.05, 4.69) is 26.2 Å². The molecule has 104 valence electrons.